The first kappa shape index (κ1) is 16.1. The summed E-state index contributed by atoms with van der Waals surface area (Å²) in [6.45, 7) is 0.819. The minimum Gasteiger partial charge on any atom is -0.493 e. The van der Waals surface area contributed by atoms with Crippen LogP contribution in [0, 0.1) is 0 Å². The summed E-state index contributed by atoms with van der Waals surface area (Å²) in [7, 11) is 1.60. The Bertz CT molecular complexity index is 784. The van der Waals surface area contributed by atoms with Crippen LogP contribution in [0.1, 0.15) is 16.6 Å². The Morgan fingerprint density at radius 2 is 2.28 bits per heavy atom. The Hall–Kier alpha value is -2.41. The number of methoxy groups -OCH3 is 1. The van der Waals surface area contributed by atoms with Gasteiger partial charge in [-0.15, -0.1) is 11.8 Å². The minimum absolute atomic E-state index is 0.0559. The molecule has 0 N–H and O–H groups in total. The third-order valence-corrected chi connectivity index (χ3v) is 5.52. The van der Waals surface area contributed by atoms with Crippen LogP contribution in [-0.2, 0) is 11.2 Å². The number of hydrogen-bond acceptors (Lipinski definition) is 6. The third kappa shape index (κ3) is 3.11. The standard InChI is InChI=1S/C18H18N2O4S/c1-22-14-8-12(9-15-17(14)24-11-23-15)18-20(16(21)10-25-18)7-5-13-4-2-3-6-19-13/h2-4,6,8-9,18H,5,7,10-11H2,1H3. The summed E-state index contributed by atoms with van der Waals surface area (Å²) in [6.07, 6.45) is 2.50. The molecule has 1 atom stereocenters. The van der Waals surface area contributed by atoms with Gasteiger partial charge in [-0.1, -0.05) is 6.07 Å². The largest absolute Gasteiger partial charge is 0.493 e. The summed E-state index contributed by atoms with van der Waals surface area (Å²) < 4.78 is 16.4. The molecule has 2 aromatic rings. The van der Waals surface area contributed by atoms with Crippen molar-refractivity contribution in [2.45, 2.75) is 11.8 Å². The summed E-state index contributed by atoms with van der Waals surface area (Å²) in [4.78, 5) is 18.6. The zero-order chi connectivity index (χ0) is 17.2. The molecule has 1 aromatic carbocycles. The number of thioether (sulfide) groups is 1. The van der Waals surface area contributed by atoms with Gasteiger partial charge in [-0.2, -0.15) is 0 Å². The summed E-state index contributed by atoms with van der Waals surface area (Å²) >= 11 is 1.62. The van der Waals surface area contributed by atoms with E-state index in [9.17, 15) is 4.79 Å². The highest BCUT2D eigenvalue weighted by molar-refractivity contribution is 8.00. The van der Waals surface area contributed by atoms with Crippen molar-refractivity contribution in [3.05, 3.63) is 47.8 Å². The van der Waals surface area contributed by atoms with Crippen molar-refractivity contribution in [3.63, 3.8) is 0 Å². The zero-order valence-electron chi connectivity index (χ0n) is 13.8. The molecule has 1 amide bonds. The zero-order valence-corrected chi connectivity index (χ0v) is 14.6. The van der Waals surface area contributed by atoms with E-state index in [-0.39, 0.29) is 18.1 Å². The molecular weight excluding hydrogens is 340 g/mol. The number of amides is 1. The van der Waals surface area contributed by atoms with Gasteiger partial charge in [-0.05, 0) is 29.8 Å². The lowest BCUT2D eigenvalue weighted by atomic mass is 10.1. The number of rotatable bonds is 5. The quantitative estimate of drug-likeness (QED) is 0.819. The van der Waals surface area contributed by atoms with E-state index >= 15 is 0 Å². The molecule has 6 nitrogen and oxygen atoms in total. The lowest BCUT2D eigenvalue weighted by Gasteiger charge is -2.24. The number of ether oxygens (including phenoxy) is 3. The monoisotopic (exact) mass is 358 g/mol. The van der Waals surface area contributed by atoms with Crippen molar-refractivity contribution >= 4 is 17.7 Å². The minimum atomic E-state index is -0.0559. The smallest absolute Gasteiger partial charge is 0.233 e. The average Bonchev–Trinajstić information content (AvgIpc) is 3.26. The summed E-state index contributed by atoms with van der Waals surface area (Å²) in [6, 6.07) is 9.70. The molecule has 4 rings (SSSR count). The molecule has 3 heterocycles. The normalized spacial score (nSPS) is 18.7. The maximum Gasteiger partial charge on any atom is 0.233 e. The molecule has 2 aliphatic rings. The fraction of sp³-hybridized carbons (Fsp3) is 0.333. The molecule has 7 heteroatoms. The van der Waals surface area contributed by atoms with E-state index in [0.717, 1.165) is 17.7 Å². The van der Waals surface area contributed by atoms with Gasteiger partial charge in [-0.25, -0.2) is 0 Å². The molecular formula is C18H18N2O4S. The fourth-order valence-electron chi connectivity index (χ4n) is 3.05. The number of carbonyl (C=O) groups excluding carboxylic acids is 1. The summed E-state index contributed by atoms with van der Waals surface area (Å²) in [5, 5.41) is -0.0559. The molecule has 130 valence electrons. The summed E-state index contributed by atoms with van der Waals surface area (Å²) in [5.41, 5.74) is 1.96. The topological polar surface area (TPSA) is 60.9 Å². The van der Waals surface area contributed by atoms with Crippen LogP contribution >= 0.6 is 11.8 Å². The second-order valence-electron chi connectivity index (χ2n) is 5.78. The summed E-state index contributed by atoms with van der Waals surface area (Å²) in [5.74, 6) is 2.54. The lowest BCUT2D eigenvalue weighted by Crippen LogP contribution is -2.30. The Morgan fingerprint density at radius 3 is 3.08 bits per heavy atom. The van der Waals surface area contributed by atoms with Gasteiger partial charge in [-0.3, -0.25) is 9.78 Å². The lowest BCUT2D eigenvalue weighted by molar-refractivity contribution is -0.128. The number of aromatic nitrogens is 1. The Morgan fingerprint density at radius 1 is 1.36 bits per heavy atom. The van der Waals surface area contributed by atoms with Crippen molar-refractivity contribution in [2.75, 3.05) is 26.2 Å². The van der Waals surface area contributed by atoms with Crippen molar-refractivity contribution in [2.24, 2.45) is 0 Å². The second kappa shape index (κ2) is 6.84. The van der Waals surface area contributed by atoms with Gasteiger partial charge in [0.1, 0.15) is 5.37 Å². The number of carbonyl (C=O) groups is 1. The molecule has 0 aliphatic carbocycles. The van der Waals surface area contributed by atoms with Crippen LogP contribution in [0.15, 0.2) is 36.5 Å². The first-order valence-electron chi connectivity index (χ1n) is 8.05. The maximum atomic E-state index is 12.4. The van der Waals surface area contributed by atoms with E-state index in [1.165, 1.54) is 0 Å². The van der Waals surface area contributed by atoms with Crippen LogP contribution in [0.25, 0.3) is 0 Å². The molecule has 0 bridgehead atoms. The highest BCUT2D eigenvalue weighted by atomic mass is 32.2. The highest BCUT2D eigenvalue weighted by Gasteiger charge is 2.34. The van der Waals surface area contributed by atoms with Crippen LogP contribution in [0.5, 0.6) is 17.2 Å². The predicted octanol–water partition coefficient (Wildman–Crippen LogP) is 2.64. The van der Waals surface area contributed by atoms with E-state index < -0.39 is 0 Å². The van der Waals surface area contributed by atoms with Crippen molar-refractivity contribution in [1.82, 2.24) is 9.88 Å². The molecule has 2 aliphatic heterocycles. The molecule has 1 fully saturated rings. The number of hydrogen-bond donors (Lipinski definition) is 0. The van der Waals surface area contributed by atoms with Gasteiger partial charge in [0.25, 0.3) is 0 Å². The predicted molar refractivity (Wildman–Crippen MR) is 94.0 cm³/mol. The van der Waals surface area contributed by atoms with Gasteiger partial charge in [0.2, 0.25) is 18.4 Å². The van der Waals surface area contributed by atoms with Gasteiger partial charge in [0, 0.05) is 24.9 Å². The van der Waals surface area contributed by atoms with Crippen LogP contribution in [0.3, 0.4) is 0 Å². The molecule has 0 radical (unpaired) electrons. The maximum absolute atomic E-state index is 12.4. The van der Waals surface area contributed by atoms with Crippen molar-refractivity contribution in [3.8, 4) is 17.2 Å². The first-order chi connectivity index (χ1) is 12.3. The number of fused-ring (bicyclic) bond motifs is 1. The van der Waals surface area contributed by atoms with Crippen molar-refractivity contribution < 1.29 is 19.0 Å². The molecule has 0 spiro atoms. The molecule has 25 heavy (non-hydrogen) atoms. The Labute approximate surface area is 150 Å². The average molecular weight is 358 g/mol. The van der Waals surface area contributed by atoms with E-state index in [1.54, 1.807) is 25.1 Å². The van der Waals surface area contributed by atoms with E-state index in [0.29, 0.717) is 29.5 Å². The second-order valence-corrected chi connectivity index (χ2v) is 6.85. The Kier molecular flexibility index (Phi) is 4.40. The highest BCUT2D eigenvalue weighted by Crippen LogP contribution is 2.47. The van der Waals surface area contributed by atoms with E-state index in [1.807, 2.05) is 35.2 Å². The van der Waals surface area contributed by atoms with Gasteiger partial charge in [0.15, 0.2) is 11.5 Å². The molecule has 1 aromatic heterocycles. The third-order valence-electron chi connectivity index (χ3n) is 4.27. The van der Waals surface area contributed by atoms with Crippen LogP contribution in [0.4, 0.5) is 0 Å². The first-order valence-corrected chi connectivity index (χ1v) is 9.09. The van der Waals surface area contributed by atoms with Crippen LogP contribution < -0.4 is 14.2 Å². The van der Waals surface area contributed by atoms with E-state index in [4.69, 9.17) is 14.2 Å². The van der Waals surface area contributed by atoms with E-state index in [2.05, 4.69) is 4.98 Å². The Balaban J connectivity index is 1.57. The molecule has 1 unspecified atom stereocenters. The number of benzene rings is 1. The van der Waals surface area contributed by atoms with Gasteiger partial charge < -0.3 is 19.1 Å². The SMILES string of the molecule is COc1cc(C2SCC(=O)N2CCc2ccccn2)cc2c1OCO2. The number of nitrogens with zero attached hydrogens (tertiary/aromatic N) is 2. The molecule has 1 saturated heterocycles. The number of pyridine rings is 1. The fourth-order valence-corrected chi connectivity index (χ4v) is 4.24. The van der Waals surface area contributed by atoms with Crippen molar-refractivity contribution in [1.29, 1.82) is 0 Å². The molecule has 0 saturated carbocycles. The van der Waals surface area contributed by atoms with Gasteiger partial charge >= 0.3 is 0 Å². The van der Waals surface area contributed by atoms with Crippen LogP contribution in [0.2, 0.25) is 0 Å². The van der Waals surface area contributed by atoms with Gasteiger partial charge in [0.05, 0.1) is 12.9 Å². The van der Waals surface area contributed by atoms with Crippen LogP contribution in [-0.4, -0.2) is 42.0 Å².